The van der Waals surface area contributed by atoms with Gasteiger partial charge in [0.1, 0.15) is 17.3 Å². The van der Waals surface area contributed by atoms with Crippen molar-refractivity contribution in [2.24, 2.45) is 0 Å². The van der Waals surface area contributed by atoms with Gasteiger partial charge in [-0.1, -0.05) is 18.9 Å². The van der Waals surface area contributed by atoms with Gasteiger partial charge in [0.25, 0.3) is 0 Å². The first kappa shape index (κ1) is 19.4. The molecule has 0 heterocycles. The van der Waals surface area contributed by atoms with E-state index in [1.165, 1.54) is 18.2 Å². The summed E-state index contributed by atoms with van der Waals surface area (Å²) >= 11 is 0. The van der Waals surface area contributed by atoms with Gasteiger partial charge < -0.3 is 15.3 Å². The highest BCUT2D eigenvalue weighted by atomic mass is 19.1. The van der Waals surface area contributed by atoms with Gasteiger partial charge in [-0.3, -0.25) is 0 Å². The molecule has 0 atom stereocenters. The molecule has 0 fully saturated rings. The minimum atomic E-state index is -0.317. The largest absolute Gasteiger partial charge is 0.508 e. The van der Waals surface area contributed by atoms with Crippen molar-refractivity contribution in [3.8, 4) is 11.5 Å². The smallest absolute Gasteiger partial charge is 0.130 e. The van der Waals surface area contributed by atoms with Crippen LogP contribution in [0.5, 0.6) is 11.5 Å². The summed E-state index contributed by atoms with van der Waals surface area (Å²) in [4.78, 5) is 0. The molecule has 0 unspecified atom stereocenters. The molecule has 0 aliphatic heterocycles. The summed E-state index contributed by atoms with van der Waals surface area (Å²) < 4.78 is 14.6. The third kappa shape index (κ3) is 4.69. The molecule has 0 saturated heterocycles. The lowest BCUT2D eigenvalue weighted by molar-refractivity contribution is 0.282. The molecule has 3 nitrogen and oxygen atoms in total. The summed E-state index contributed by atoms with van der Waals surface area (Å²) in [7, 11) is 0. The van der Waals surface area contributed by atoms with Crippen molar-refractivity contribution in [3.05, 3.63) is 58.9 Å². The molecular weight excluding hydrogens is 343 g/mol. The standard InChI is InChI=1S/C23H27FO3/c24-23-12-10-18(27)15-22(23)21-8-5-6-16-14-17(26)9-11-19(16)20(21)7-3-1-2-4-13-25/h9-12,14-15,25-27H,1-8,13H2. The van der Waals surface area contributed by atoms with Gasteiger partial charge in [0, 0.05) is 12.2 Å². The van der Waals surface area contributed by atoms with Gasteiger partial charge in [-0.25, -0.2) is 4.39 Å². The van der Waals surface area contributed by atoms with Crippen LogP contribution in [0.1, 0.15) is 61.6 Å². The maximum absolute atomic E-state index is 14.6. The Balaban J connectivity index is 2.03. The third-order valence-corrected chi connectivity index (χ3v) is 5.26. The summed E-state index contributed by atoms with van der Waals surface area (Å²) in [6, 6.07) is 9.63. The van der Waals surface area contributed by atoms with Gasteiger partial charge >= 0.3 is 0 Å². The SMILES string of the molecule is OCCCCCCC1=C(c2cc(O)ccc2F)CCCc2cc(O)ccc21. The average molecular weight is 370 g/mol. The summed E-state index contributed by atoms with van der Waals surface area (Å²) in [6.45, 7) is 0.213. The zero-order chi connectivity index (χ0) is 19.2. The quantitative estimate of drug-likeness (QED) is 0.570. The fourth-order valence-corrected chi connectivity index (χ4v) is 3.94. The van der Waals surface area contributed by atoms with Crippen LogP contribution in [0.15, 0.2) is 36.4 Å². The molecule has 3 N–H and O–H groups in total. The highest BCUT2D eigenvalue weighted by Gasteiger charge is 2.21. The van der Waals surface area contributed by atoms with Crippen molar-refractivity contribution in [2.45, 2.75) is 51.4 Å². The molecule has 27 heavy (non-hydrogen) atoms. The van der Waals surface area contributed by atoms with Crippen LogP contribution in [0, 0.1) is 5.82 Å². The summed E-state index contributed by atoms with van der Waals surface area (Å²) in [5.41, 5.74) is 4.70. The van der Waals surface area contributed by atoms with E-state index in [-0.39, 0.29) is 23.9 Å². The van der Waals surface area contributed by atoms with Crippen molar-refractivity contribution in [2.75, 3.05) is 6.61 Å². The first-order chi connectivity index (χ1) is 13.1. The number of hydrogen-bond acceptors (Lipinski definition) is 3. The van der Waals surface area contributed by atoms with E-state index in [2.05, 4.69) is 0 Å². The first-order valence-corrected chi connectivity index (χ1v) is 9.74. The van der Waals surface area contributed by atoms with Crippen molar-refractivity contribution in [3.63, 3.8) is 0 Å². The molecule has 0 spiro atoms. The fraction of sp³-hybridized carbons (Fsp3) is 0.391. The molecule has 0 saturated carbocycles. The number of hydrogen-bond donors (Lipinski definition) is 3. The zero-order valence-electron chi connectivity index (χ0n) is 15.5. The third-order valence-electron chi connectivity index (χ3n) is 5.26. The lowest BCUT2D eigenvalue weighted by Gasteiger charge is -2.17. The molecule has 4 heteroatoms. The van der Waals surface area contributed by atoms with Gasteiger partial charge in [0.15, 0.2) is 0 Å². The van der Waals surface area contributed by atoms with E-state index in [0.717, 1.165) is 73.6 Å². The molecule has 1 aliphatic carbocycles. The lowest BCUT2D eigenvalue weighted by atomic mass is 9.88. The number of aryl methyl sites for hydroxylation is 1. The second kappa shape index (κ2) is 9.05. The van der Waals surface area contributed by atoms with E-state index in [4.69, 9.17) is 5.11 Å². The summed E-state index contributed by atoms with van der Waals surface area (Å²) in [5, 5.41) is 28.7. The Bertz CT molecular complexity index is 826. The van der Waals surface area contributed by atoms with Gasteiger partial charge in [0.05, 0.1) is 0 Å². The average Bonchev–Trinajstić information content (AvgIpc) is 2.82. The number of benzene rings is 2. The number of aliphatic hydroxyl groups excluding tert-OH is 1. The molecule has 0 amide bonds. The fourth-order valence-electron chi connectivity index (χ4n) is 3.94. The van der Waals surface area contributed by atoms with Crippen LogP contribution < -0.4 is 0 Å². The van der Waals surface area contributed by atoms with Crippen molar-refractivity contribution in [1.29, 1.82) is 0 Å². The molecule has 1 aliphatic rings. The number of allylic oxidation sites excluding steroid dienone is 2. The van der Waals surface area contributed by atoms with Crippen LogP contribution in [0.4, 0.5) is 4.39 Å². The van der Waals surface area contributed by atoms with Gasteiger partial charge in [-0.05, 0) is 91.1 Å². The van der Waals surface area contributed by atoms with E-state index < -0.39 is 0 Å². The van der Waals surface area contributed by atoms with Crippen molar-refractivity contribution in [1.82, 2.24) is 0 Å². The minimum absolute atomic E-state index is 0.0661. The lowest BCUT2D eigenvalue weighted by Crippen LogP contribution is -1.97. The second-order valence-corrected chi connectivity index (χ2v) is 7.20. The van der Waals surface area contributed by atoms with E-state index in [1.54, 1.807) is 6.07 Å². The van der Waals surface area contributed by atoms with Crippen molar-refractivity contribution < 1.29 is 19.7 Å². The predicted molar refractivity (Wildman–Crippen MR) is 106 cm³/mol. The van der Waals surface area contributed by atoms with Crippen LogP contribution in [-0.4, -0.2) is 21.9 Å². The van der Waals surface area contributed by atoms with E-state index in [1.807, 2.05) is 12.1 Å². The van der Waals surface area contributed by atoms with Gasteiger partial charge in [-0.2, -0.15) is 0 Å². The molecule has 0 radical (unpaired) electrons. The van der Waals surface area contributed by atoms with Crippen molar-refractivity contribution >= 4 is 11.1 Å². The molecule has 2 aromatic carbocycles. The van der Waals surface area contributed by atoms with Crippen LogP contribution in [-0.2, 0) is 6.42 Å². The van der Waals surface area contributed by atoms with E-state index in [9.17, 15) is 14.6 Å². The zero-order valence-corrected chi connectivity index (χ0v) is 15.5. The monoisotopic (exact) mass is 370 g/mol. The van der Waals surface area contributed by atoms with Crippen LogP contribution in [0.3, 0.4) is 0 Å². The molecule has 3 rings (SSSR count). The second-order valence-electron chi connectivity index (χ2n) is 7.20. The number of rotatable bonds is 7. The highest BCUT2D eigenvalue weighted by Crippen LogP contribution is 2.41. The number of aromatic hydroxyl groups is 2. The Labute approximate surface area is 159 Å². The number of aliphatic hydroxyl groups is 1. The van der Waals surface area contributed by atoms with Gasteiger partial charge in [0.2, 0.25) is 0 Å². The molecular formula is C23H27FO3. The number of unbranched alkanes of at least 4 members (excludes halogenated alkanes) is 3. The maximum Gasteiger partial charge on any atom is 0.130 e. The van der Waals surface area contributed by atoms with Crippen LogP contribution >= 0.6 is 0 Å². The Hall–Kier alpha value is -2.33. The Morgan fingerprint density at radius 2 is 1.56 bits per heavy atom. The summed E-state index contributed by atoms with van der Waals surface area (Å²) in [6.07, 6.45) is 7.00. The number of halogens is 1. The topological polar surface area (TPSA) is 60.7 Å². The molecule has 2 aromatic rings. The van der Waals surface area contributed by atoms with E-state index in [0.29, 0.717) is 5.56 Å². The minimum Gasteiger partial charge on any atom is -0.508 e. The Morgan fingerprint density at radius 3 is 2.37 bits per heavy atom. The molecule has 0 bridgehead atoms. The summed E-state index contributed by atoms with van der Waals surface area (Å²) in [5.74, 6) is 0.00205. The normalized spacial score (nSPS) is 14.1. The Morgan fingerprint density at radius 1 is 0.815 bits per heavy atom. The van der Waals surface area contributed by atoms with Crippen LogP contribution in [0.25, 0.3) is 11.1 Å². The molecule has 0 aromatic heterocycles. The van der Waals surface area contributed by atoms with Gasteiger partial charge in [-0.15, -0.1) is 0 Å². The Kier molecular flexibility index (Phi) is 6.51. The first-order valence-electron chi connectivity index (χ1n) is 9.74. The maximum atomic E-state index is 14.6. The number of fused-ring (bicyclic) bond motifs is 1. The predicted octanol–water partition coefficient (Wildman–Crippen LogP) is 5.43. The molecule has 144 valence electrons. The number of phenolic OH excluding ortho intramolecular Hbond substituents is 2. The van der Waals surface area contributed by atoms with Crippen LogP contribution in [0.2, 0.25) is 0 Å². The number of phenols is 2. The highest BCUT2D eigenvalue weighted by molar-refractivity contribution is 5.92. The van der Waals surface area contributed by atoms with E-state index >= 15 is 0 Å².